The number of imide groups is 1. The normalized spacial score (nSPS) is 16.4. The molecular formula is C18H19ClN4O7. The predicted molar refractivity (Wildman–Crippen MR) is 103 cm³/mol. The lowest BCUT2D eigenvalue weighted by molar-refractivity contribution is -0.384. The number of nitro groups is 1. The van der Waals surface area contributed by atoms with E-state index in [4.69, 9.17) is 16.3 Å². The monoisotopic (exact) mass is 438 g/mol. The molecule has 0 spiro atoms. The fourth-order valence-corrected chi connectivity index (χ4v) is 3.46. The smallest absolute Gasteiger partial charge is 0.407 e. The van der Waals surface area contributed by atoms with Crippen molar-refractivity contribution in [3.8, 4) is 0 Å². The number of likely N-dealkylation sites (tertiary alicyclic amines) is 1. The van der Waals surface area contributed by atoms with Crippen molar-refractivity contribution in [1.82, 2.24) is 15.1 Å². The van der Waals surface area contributed by atoms with Crippen molar-refractivity contribution in [1.29, 1.82) is 0 Å². The lowest BCUT2D eigenvalue weighted by Gasteiger charge is -2.32. The van der Waals surface area contributed by atoms with Crippen LogP contribution in [0.3, 0.4) is 0 Å². The van der Waals surface area contributed by atoms with Crippen molar-refractivity contribution in [3.05, 3.63) is 39.4 Å². The quantitative estimate of drug-likeness (QED) is 0.304. The number of halogens is 1. The molecule has 1 aromatic carbocycles. The summed E-state index contributed by atoms with van der Waals surface area (Å²) in [6.45, 7) is 0.339. The molecule has 0 saturated carbocycles. The van der Waals surface area contributed by atoms with Gasteiger partial charge in [-0.15, -0.1) is 11.6 Å². The third-order valence-corrected chi connectivity index (χ3v) is 5.09. The minimum absolute atomic E-state index is 0.0387. The van der Waals surface area contributed by atoms with Gasteiger partial charge in [0.1, 0.15) is 13.2 Å². The number of piperidine rings is 1. The van der Waals surface area contributed by atoms with Crippen molar-refractivity contribution in [2.24, 2.45) is 0 Å². The molecule has 0 atom stereocenters. The molecule has 4 amide bonds. The van der Waals surface area contributed by atoms with Gasteiger partial charge in [0.15, 0.2) is 0 Å². The second-order valence-electron chi connectivity index (χ2n) is 6.81. The number of fused-ring (bicyclic) bond motifs is 1. The number of hydrogen-bond acceptors (Lipinski definition) is 7. The summed E-state index contributed by atoms with van der Waals surface area (Å²) in [5, 5.41) is 13.6. The summed E-state index contributed by atoms with van der Waals surface area (Å²) < 4.78 is 4.85. The van der Waals surface area contributed by atoms with Crippen molar-refractivity contribution >= 4 is 41.1 Å². The van der Waals surface area contributed by atoms with Crippen molar-refractivity contribution in [2.75, 3.05) is 32.1 Å². The van der Waals surface area contributed by atoms with E-state index in [1.165, 1.54) is 11.0 Å². The zero-order chi connectivity index (χ0) is 21.8. The summed E-state index contributed by atoms with van der Waals surface area (Å²) in [4.78, 5) is 61.7. The molecule has 0 radical (unpaired) electrons. The fourth-order valence-electron chi connectivity index (χ4n) is 3.38. The first-order chi connectivity index (χ1) is 14.3. The number of nitro benzene ring substituents is 1. The number of hydrogen-bond donors (Lipinski definition) is 1. The Morgan fingerprint density at radius 3 is 2.50 bits per heavy atom. The summed E-state index contributed by atoms with van der Waals surface area (Å²) in [6, 6.07) is 3.25. The van der Waals surface area contributed by atoms with Crippen molar-refractivity contribution in [2.45, 2.75) is 18.9 Å². The van der Waals surface area contributed by atoms with E-state index in [9.17, 15) is 29.3 Å². The number of nitrogens with one attached hydrogen (secondary N) is 1. The third-order valence-electron chi connectivity index (χ3n) is 4.94. The van der Waals surface area contributed by atoms with Crippen LogP contribution in [-0.4, -0.2) is 76.7 Å². The highest BCUT2D eigenvalue weighted by molar-refractivity contribution is 6.22. The first-order valence-corrected chi connectivity index (χ1v) is 9.77. The van der Waals surface area contributed by atoms with Gasteiger partial charge in [-0.3, -0.25) is 29.4 Å². The molecule has 2 heterocycles. The molecule has 1 fully saturated rings. The Morgan fingerprint density at radius 2 is 1.87 bits per heavy atom. The van der Waals surface area contributed by atoms with Crippen LogP contribution in [0.25, 0.3) is 0 Å². The van der Waals surface area contributed by atoms with Crippen LogP contribution in [0.15, 0.2) is 18.2 Å². The van der Waals surface area contributed by atoms with E-state index in [0.717, 1.165) is 17.0 Å². The first kappa shape index (κ1) is 21.5. The lowest BCUT2D eigenvalue weighted by Crippen LogP contribution is -2.49. The SMILES string of the molecule is O=C(NC1CCN(C(=O)CN2C(=O)c3ccc([N+](=O)[O-])cc3C2=O)CC1)OCCCl. The maximum absolute atomic E-state index is 12.6. The van der Waals surface area contributed by atoms with Gasteiger partial charge >= 0.3 is 6.09 Å². The molecule has 0 bridgehead atoms. The number of alkyl halides is 1. The maximum atomic E-state index is 12.6. The van der Waals surface area contributed by atoms with Gasteiger partial charge in [0.25, 0.3) is 17.5 Å². The van der Waals surface area contributed by atoms with Gasteiger partial charge < -0.3 is 15.0 Å². The molecule has 1 aromatic rings. The molecule has 0 unspecified atom stereocenters. The summed E-state index contributed by atoms with van der Waals surface area (Å²) >= 11 is 5.45. The van der Waals surface area contributed by atoms with E-state index >= 15 is 0 Å². The van der Waals surface area contributed by atoms with Gasteiger partial charge in [-0.25, -0.2) is 4.79 Å². The molecule has 11 nitrogen and oxygen atoms in total. The number of amides is 4. The maximum Gasteiger partial charge on any atom is 0.407 e. The molecule has 30 heavy (non-hydrogen) atoms. The second-order valence-corrected chi connectivity index (χ2v) is 7.19. The average molecular weight is 439 g/mol. The topological polar surface area (TPSA) is 139 Å². The zero-order valence-corrected chi connectivity index (χ0v) is 16.6. The van der Waals surface area contributed by atoms with Crippen LogP contribution in [0, 0.1) is 10.1 Å². The molecule has 1 saturated heterocycles. The number of alkyl carbamates (subject to hydrolysis) is 1. The molecule has 2 aliphatic rings. The summed E-state index contributed by atoms with van der Waals surface area (Å²) in [6.07, 6.45) is 0.423. The molecule has 1 N–H and O–H groups in total. The standard InChI is InChI=1S/C18H19ClN4O7/c19-5-8-30-18(27)20-11-3-6-21(7-4-11)15(24)10-22-16(25)13-2-1-12(23(28)29)9-14(13)17(22)26/h1-2,9,11H,3-8,10H2,(H,20,27). The van der Waals surface area contributed by atoms with E-state index in [1.54, 1.807) is 0 Å². The molecule has 160 valence electrons. The highest BCUT2D eigenvalue weighted by Crippen LogP contribution is 2.27. The minimum Gasteiger partial charge on any atom is -0.448 e. The molecule has 3 rings (SSSR count). The second kappa shape index (κ2) is 9.08. The average Bonchev–Trinajstić information content (AvgIpc) is 2.97. The Hall–Kier alpha value is -3.21. The van der Waals surface area contributed by atoms with E-state index in [-0.39, 0.29) is 35.3 Å². The molecular weight excluding hydrogens is 420 g/mol. The highest BCUT2D eigenvalue weighted by Gasteiger charge is 2.39. The van der Waals surface area contributed by atoms with Crippen LogP contribution in [0.1, 0.15) is 33.6 Å². The number of carbonyl (C=O) groups is 4. The Morgan fingerprint density at radius 1 is 1.20 bits per heavy atom. The number of non-ortho nitro benzene ring substituents is 1. The number of carbonyl (C=O) groups excluding carboxylic acids is 4. The van der Waals surface area contributed by atoms with Gasteiger partial charge in [-0.1, -0.05) is 0 Å². The van der Waals surface area contributed by atoms with Gasteiger partial charge in [-0.2, -0.15) is 0 Å². The lowest BCUT2D eigenvalue weighted by atomic mass is 10.1. The van der Waals surface area contributed by atoms with Gasteiger partial charge in [-0.05, 0) is 18.9 Å². The van der Waals surface area contributed by atoms with Gasteiger partial charge in [0.05, 0.1) is 21.9 Å². The summed E-state index contributed by atoms with van der Waals surface area (Å²) in [5.41, 5.74) is -0.348. The zero-order valence-electron chi connectivity index (χ0n) is 15.8. The summed E-state index contributed by atoms with van der Waals surface area (Å²) in [5.74, 6) is -1.60. The Labute approximate surface area is 176 Å². The van der Waals surface area contributed by atoms with Gasteiger partial charge in [0.2, 0.25) is 5.91 Å². The van der Waals surface area contributed by atoms with Crippen LogP contribution in [-0.2, 0) is 9.53 Å². The number of rotatable bonds is 6. The van der Waals surface area contributed by atoms with Crippen LogP contribution < -0.4 is 5.32 Å². The number of benzene rings is 1. The third kappa shape index (κ3) is 4.51. The van der Waals surface area contributed by atoms with Crippen LogP contribution in [0.5, 0.6) is 0 Å². The Bertz CT molecular complexity index is 899. The van der Waals surface area contributed by atoms with E-state index in [2.05, 4.69) is 5.32 Å². The van der Waals surface area contributed by atoms with Crippen LogP contribution in [0.2, 0.25) is 0 Å². The molecule has 2 aliphatic heterocycles. The van der Waals surface area contributed by atoms with Gasteiger partial charge in [0, 0.05) is 31.3 Å². The van der Waals surface area contributed by atoms with Crippen molar-refractivity contribution in [3.63, 3.8) is 0 Å². The van der Waals surface area contributed by atoms with Crippen molar-refractivity contribution < 1.29 is 28.8 Å². The number of nitrogens with zero attached hydrogens (tertiary/aromatic N) is 3. The van der Waals surface area contributed by atoms with E-state index in [0.29, 0.717) is 25.9 Å². The summed E-state index contributed by atoms with van der Waals surface area (Å²) in [7, 11) is 0. The largest absolute Gasteiger partial charge is 0.448 e. The highest BCUT2D eigenvalue weighted by atomic mass is 35.5. The first-order valence-electron chi connectivity index (χ1n) is 9.23. The fraction of sp³-hybridized carbons (Fsp3) is 0.444. The van der Waals surface area contributed by atoms with E-state index in [1.807, 2.05) is 0 Å². The van der Waals surface area contributed by atoms with E-state index < -0.39 is 35.3 Å². The molecule has 12 heteroatoms. The number of ether oxygens (including phenoxy) is 1. The minimum atomic E-state index is -0.731. The Kier molecular flexibility index (Phi) is 6.50. The predicted octanol–water partition coefficient (Wildman–Crippen LogP) is 1.15. The van der Waals surface area contributed by atoms with Crippen LogP contribution in [0.4, 0.5) is 10.5 Å². The van der Waals surface area contributed by atoms with Crippen LogP contribution >= 0.6 is 11.6 Å². The Balaban J connectivity index is 1.55. The molecule has 0 aliphatic carbocycles. The molecule has 0 aromatic heterocycles.